The van der Waals surface area contributed by atoms with Gasteiger partial charge in [0.15, 0.2) is 6.21 Å². The summed E-state index contributed by atoms with van der Waals surface area (Å²) in [4.78, 5) is 0. The molecule has 0 aromatic rings. The van der Waals surface area contributed by atoms with E-state index in [0.717, 1.165) is 6.42 Å². The number of likely N-dealkylation sites (N-methyl/N-ethyl adjacent to an activating group) is 1. The number of allylic oxidation sites excluding steroid dienone is 5. The van der Waals surface area contributed by atoms with Crippen LogP contribution in [0, 0.1) is 0 Å². The van der Waals surface area contributed by atoms with E-state index in [0.29, 0.717) is 11.3 Å². The predicted molar refractivity (Wildman–Crippen MR) is 64.8 cm³/mol. The molecule has 0 aliphatic rings. The Kier molecular flexibility index (Phi) is 6.27. The molecule has 0 aromatic carbocycles. The highest BCUT2D eigenvalue weighted by atomic mass is 19.1. The maximum Gasteiger partial charge on any atom is 0.203 e. The quantitative estimate of drug-likeness (QED) is 0.369. The molecule has 0 radical (unpaired) electrons. The highest BCUT2D eigenvalue weighted by Crippen LogP contribution is 2.15. The third-order valence-electron chi connectivity index (χ3n) is 2.05. The molecule has 0 heterocycles. The van der Waals surface area contributed by atoms with Crippen molar-refractivity contribution in [1.29, 1.82) is 0 Å². The SMILES string of the molecule is C=CC=[N+](C)C(=C)/C(C)=C(F)/C=C\CC. The Balaban J connectivity index is 4.91. The average molecular weight is 208 g/mol. The zero-order valence-corrected chi connectivity index (χ0v) is 9.76. The summed E-state index contributed by atoms with van der Waals surface area (Å²) in [7, 11) is 1.81. The second kappa shape index (κ2) is 6.93. The normalized spacial score (nSPS) is 14.0. The molecule has 0 N–H and O–H groups in total. The molecule has 0 saturated heterocycles. The first-order valence-corrected chi connectivity index (χ1v) is 4.95. The zero-order chi connectivity index (χ0) is 11.8. The minimum Gasteiger partial charge on any atom is -0.206 e. The summed E-state index contributed by atoms with van der Waals surface area (Å²) in [6, 6.07) is 0. The maximum absolute atomic E-state index is 13.5. The standard InChI is InChI=1S/C13H19FN/c1-6-8-9-13(14)11(3)12(4)15(5)10-7-2/h7-10H,2,4,6H2,1,3,5H3/q+1/b9-8-,13-11-,15-10?. The fourth-order valence-corrected chi connectivity index (χ4v) is 0.997. The van der Waals surface area contributed by atoms with Crippen molar-refractivity contribution in [2.75, 3.05) is 7.05 Å². The molecule has 0 aliphatic carbocycles. The topological polar surface area (TPSA) is 3.01 Å². The van der Waals surface area contributed by atoms with Gasteiger partial charge in [0.2, 0.25) is 5.70 Å². The van der Waals surface area contributed by atoms with Gasteiger partial charge < -0.3 is 0 Å². The number of nitrogens with zero attached hydrogens (tertiary/aromatic N) is 1. The van der Waals surface area contributed by atoms with Gasteiger partial charge in [-0.15, -0.1) is 0 Å². The van der Waals surface area contributed by atoms with Crippen LogP contribution in [0.15, 0.2) is 48.5 Å². The maximum atomic E-state index is 13.5. The molecule has 0 aromatic heterocycles. The van der Waals surface area contributed by atoms with Gasteiger partial charge in [0.05, 0.1) is 5.57 Å². The fourth-order valence-electron chi connectivity index (χ4n) is 0.997. The first kappa shape index (κ1) is 13.6. The van der Waals surface area contributed by atoms with Gasteiger partial charge in [-0.2, -0.15) is 0 Å². The van der Waals surface area contributed by atoms with Gasteiger partial charge in [-0.3, -0.25) is 0 Å². The van der Waals surface area contributed by atoms with Crippen LogP contribution in [0.4, 0.5) is 4.39 Å². The third-order valence-corrected chi connectivity index (χ3v) is 2.05. The molecule has 82 valence electrons. The highest BCUT2D eigenvalue weighted by Gasteiger charge is 2.10. The van der Waals surface area contributed by atoms with Crippen molar-refractivity contribution in [3.63, 3.8) is 0 Å². The molecule has 0 spiro atoms. The van der Waals surface area contributed by atoms with Crippen LogP contribution in [-0.4, -0.2) is 17.8 Å². The lowest BCUT2D eigenvalue weighted by Crippen LogP contribution is -2.06. The number of hydrogen-bond donors (Lipinski definition) is 0. The van der Waals surface area contributed by atoms with E-state index in [-0.39, 0.29) is 5.83 Å². The van der Waals surface area contributed by atoms with Crippen LogP contribution in [-0.2, 0) is 0 Å². The van der Waals surface area contributed by atoms with Crippen molar-refractivity contribution in [2.45, 2.75) is 20.3 Å². The van der Waals surface area contributed by atoms with Crippen molar-refractivity contribution < 1.29 is 8.97 Å². The van der Waals surface area contributed by atoms with Crippen LogP contribution >= 0.6 is 0 Å². The van der Waals surface area contributed by atoms with E-state index < -0.39 is 0 Å². The smallest absolute Gasteiger partial charge is 0.203 e. The first-order chi connectivity index (χ1) is 7.04. The molecule has 0 atom stereocenters. The first-order valence-electron chi connectivity index (χ1n) is 4.95. The Morgan fingerprint density at radius 1 is 1.47 bits per heavy atom. The van der Waals surface area contributed by atoms with E-state index in [1.54, 1.807) is 29.9 Å². The Morgan fingerprint density at radius 2 is 2.07 bits per heavy atom. The summed E-state index contributed by atoms with van der Waals surface area (Å²) in [5.41, 5.74) is 1.17. The number of hydrogen-bond acceptors (Lipinski definition) is 0. The van der Waals surface area contributed by atoms with E-state index in [9.17, 15) is 4.39 Å². The minimum atomic E-state index is -0.244. The molecule has 2 heteroatoms. The van der Waals surface area contributed by atoms with Gasteiger partial charge >= 0.3 is 0 Å². The second-order valence-corrected chi connectivity index (χ2v) is 3.23. The third kappa shape index (κ3) is 4.54. The predicted octanol–water partition coefficient (Wildman–Crippen LogP) is 3.61. The molecule has 0 aliphatic heterocycles. The van der Waals surface area contributed by atoms with Crippen LogP contribution in [0.5, 0.6) is 0 Å². The summed E-state index contributed by atoms with van der Waals surface area (Å²) in [5, 5.41) is 0. The van der Waals surface area contributed by atoms with Gasteiger partial charge in [0.1, 0.15) is 12.9 Å². The van der Waals surface area contributed by atoms with Crippen LogP contribution in [0.25, 0.3) is 0 Å². The Morgan fingerprint density at radius 3 is 2.53 bits per heavy atom. The lowest BCUT2D eigenvalue weighted by molar-refractivity contribution is -0.433. The van der Waals surface area contributed by atoms with E-state index >= 15 is 0 Å². The largest absolute Gasteiger partial charge is 0.206 e. The zero-order valence-electron chi connectivity index (χ0n) is 9.76. The van der Waals surface area contributed by atoms with Crippen LogP contribution in [0.2, 0.25) is 0 Å². The molecule has 0 unspecified atom stereocenters. The minimum absolute atomic E-state index is 0.244. The lowest BCUT2D eigenvalue weighted by Gasteiger charge is -2.00. The number of rotatable bonds is 5. The van der Waals surface area contributed by atoms with E-state index in [1.807, 2.05) is 14.0 Å². The summed E-state index contributed by atoms with van der Waals surface area (Å²) in [6.07, 6.45) is 7.45. The van der Waals surface area contributed by atoms with Gasteiger partial charge in [-0.1, -0.05) is 19.6 Å². The Hall–Kier alpha value is -1.44. The van der Waals surface area contributed by atoms with Gasteiger partial charge in [-0.05, 0) is 32.1 Å². The summed E-state index contributed by atoms with van der Waals surface area (Å²) in [6.45, 7) is 11.1. The van der Waals surface area contributed by atoms with Gasteiger partial charge in [0.25, 0.3) is 0 Å². The molecule has 0 bridgehead atoms. The van der Waals surface area contributed by atoms with Crippen molar-refractivity contribution in [3.05, 3.63) is 48.5 Å². The van der Waals surface area contributed by atoms with E-state index in [4.69, 9.17) is 0 Å². The average Bonchev–Trinajstić information content (AvgIpc) is 2.24. The van der Waals surface area contributed by atoms with Crippen molar-refractivity contribution in [1.82, 2.24) is 0 Å². The Labute approximate surface area is 91.6 Å². The van der Waals surface area contributed by atoms with Crippen molar-refractivity contribution in [3.8, 4) is 0 Å². The van der Waals surface area contributed by atoms with Crippen molar-refractivity contribution in [2.24, 2.45) is 0 Å². The van der Waals surface area contributed by atoms with Crippen molar-refractivity contribution >= 4 is 6.21 Å². The second-order valence-electron chi connectivity index (χ2n) is 3.23. The molecule has 15 heavy (non-hydrogen) atoms. The fraction of sp³-hybridized carbons (Fsp3) is 0.308. The van der Waals surface area contributed by atoms with Crippen LogP contribution in [0.1, 0.15) is 20.3 Å². The Bertz CT molecular complexity index is 332. The summed E-state index contributed by atoms with van der Waals surface area (Å²) >= 11 is 0. The lowest BCUT2D eigenvalue weighted by atomic mass is 10.2. The van der Waals surface area contributed by atoms with Crippen LogP contribution in [0.3, 0.4) is 0 Å². The summed E-state index contributed by atoms with van der Waals surface area (Å²) < 4.78 is 15.2. The molecule has 0 amide bonds. The van der Waals surface area contributed by atoms with E-state index in [2.05, 4.69) is 13.2 Å². The van der Waals surface area contributed by atoms with Gasteiger partial charge in [-0.25, -0.2) is 8.97 Å². The number of halogens is 1. The van der Waals surface area contributed by atoms with Crippen LogP contribution < -0.4 is 0 Å². The molecular weight excluding hydrogens is 189 g/mol. The highest BCUT2D eigenvalue weighted by molar-refractivity contribution is 5.65. The summed E-state index contributed by atoms with van der Waals surface area (Å²) in [5.74, 6) is -0.244. The van der Waals surface area contributed by atoms with E-state index in [1.165, 1.54) is 6.08 Å². The molecule has 1 nitrogen and oxygen atoms in total. The molecular formula is C13H19FN+. The molecule has 0 rings (SSSR count). The molecule has 0 fully saturated rings. The molecule has 0 saturated carbocycles. The van der Waals surface area contributed by atoms with Gasteiger partial charge in [0, 0.05) is 0 Å². The monoisotopic (exact) mass is 208 g/mol.